The molecule has 2 heterocycles. The van der Waals surface area contributed by atoms with Gasteiger partial charge in [-0.05, 0) is 12.5 Å². The van der Waals surface area contributed by atoms with Crippen molar-refractivity contribution in [1.29, 1.82) is 0 Å². The number of likely N-dealkylation sites (tertiary alicyclic amines) is 1. The highest BCUT2D eigenvalue weighted by molar-refractivity contribution is 5.85. The fourth-order valence-corrected chi connectivity index (χ4v) is 2.02. The number of nitro groups is 1. The van der Waals surface area contributed by atoms with Gasteiger partial charge < -0.3 is 16.0 Å². The van der Waals surface area contributed by atoms with Gasteiger partial charge in [0.25, 0.3) is 5.69 Å². The molecule has 0 aromatic carbocycles. The number of nitrogens with zero attached hydrogens (tertiary/aromatic N) is 3. The Kier molecular flexibility index (Phi) is 7.93. The van der Waals surface area contributed by atoms with Crippen LogP contribution in [0.3, 0.4) is 0 Å². The van der Waals surface area contributed by atoms with Crippen LogP contribution in [0.5, 0.6) is 0 Å². The van der Waals surface area contributed by atoms with Crippen LogP contribution in [0.2, 0.25) is 0 Å². The lowest BCUT2D eigenvalue weighted by Gasteiger charge is -2.16. The van der Waals surface area contributed by atoms with Crippen LogP contribution in [-0.2, 0) is 4.79 Å². The summed E-state index contributed by atoms with van der Waals surface area (Å²) in [4.78, 5) is 27.1. The van der Waals surface area contributed by atoms with Gasteiger partial charge in [0, 0.05) is 25.2 Å². The van der Waals surface area contributed by atoms with Gasteiger partial charge in [0.2, 0.25) is 5.91 Å². The fraction of sp³-hybridized carbons (Fsp3) is 0.455. The molecule has 1 atom stereocenters. The number of aromatic nitrogens is 1. The molecule has 0 bridgehead atoms. The van der Waals surface area contributed by atoms with E-state index in [0.717, 1.165) is 6.42 Å². The Balaban J connectivity index is 0.00000200. The highest BCUT2D eigenvalue weighted by Crippen LogP contribution is 2.16. The van der Waals surface area contributed by atoms with Crippen molar-refractivity contribution in [2.24, 2.45) is 5.73 Å². The predicted octanol–water partition coefficient (Wildman–Crippen LogP) is 0.805. The summed E-state index contributed by atoms with van der Waals surface area (Å²) in [5.41, 5.74) is 5.26. The molecule has 1 fully saturated rings. The number of hydrogen-bond acceptors (Lipinski definition) is 6. The molecule has 2 rings (SSSR count). The molecule has 1 saturated heterocycles. The Morgan fingerprint density at radius 1 is 1.52 bits per heavy atom. The van der Waals surface area contributed by atoms with Gasteiger partial charge in [0.1, 0.15) is 12.0 Å². The second-order valence-corrected chi connectivity index (χ2v) is 4.33. The van der Waals surface area contributed by atoms with E-state index in [1.165, 1.54) is 12.3 Å². The number of rotatable bonds is 4. The van der Waals surface area contributed by atoms with Crippen molar-refractivity contribution in [1.82, 2.24) is 9.88 Å². The Labute approximate surface area is 134 Å². The number of pyridine rings is 1. The lowest BCUT2D eigenvalue weighted by atomic mass is 10.2. The van der Waals surface area contributed by atoms with E-state index in [1.54, 1.807) is 11.0 Å². The molecule has 1 unspecified atom stereocenters. The number of carbonyl (C=O) groups excluding carboxylic acids is 1. The fourth-order valence-electron chi connectivity index (χ4n) is 2.02. The van der Waals surface area contributed by atoms with E-state index in [4.69, 9.17) is 5.73 Å². The monoisotopic (exact) mass is 337 g/mol. The van der Waals surface area contributed by atoms with Gasteiger partial charge in [-0.2, -0.15) is 0 Å². The topological polar surface area (TPSA) is 114 Å². The van der Waals surface area contributed by atoms with Gasteiger partial charge in [-0.15, -0.1) is 24.8 Å². The molecule has 118 valence electrons. The summed E-state index contributed by atoms with van der Waals surface area (Å²) >= 11 is 0. The van der Waals surface area contributed by atoms with E-state index in [9.17, 15) is 14.9 Å². The molecular formula is C11H17Cl2N5O3. The van der Waals surface area contributed by atoms with Crippen LogP contribution in [0.15, 0.2) is 18.3 Å². The molecule has 1 aliphatic rings. The number of amides is 1. The first-order valence-corrected chi connectivity index (χ1v) is 5.95. The van der Waals surface area contributed by atoms with E-state index in [0.29, 0.717) is 18.9 Å². The van der Waals surface area contributed by atoms with Gasteiger partial charge in [-0.25, -0.2) is 4.98 Å². The van der Waals surface area contributed by atoms with Crippen LogP contribution in [0.1, 0.15) is 6.42 Å². The predicted molar refractivity (Wildman–Crippen MR) is 83.0 cm³/mol. The zero-order chi connectivity index (χ0) is 13.8. The van der Waals surface area contributed by atoms with Crippen molar-refractivity contribution in [3.63, 3.8) is 0 Å². The van der Waals surface area contributed by atoms with E-state index < -0.39 is 4.92 Å². The number of nitrogens with one attached hydrogen (secondary N) is 1. The quantitative estimate of drug-likeness (QED) is 0.620. The molecule has 21 heavy (non-hydrogen) atoms. The van der Waals surface area contributed by atoms with Gasteiger partial charge in [0.05, 0.1) is 11.5 Å². The smallest absolute Gasteiger partial charge is 0.287 e. The Morgan fingerprint density at radius 2 is 2.24 bits per heavy atom. The number of hydrogen-bond donors (Lipinski definition) is 2. The molecule has 8 nitrogen and oxygen atoms in total. The van der Waals surface area contributed by atoms with Crippen molar-refractivity contribution >= 4 is 42.2 Å². The maximum Gasteiger partial charge on any atom is 0.287 e. The largest absolute Gasteiger partial charge is 0.365 e. The molecule has 0 saturated carbocycles. The maximum atomic E-state index is 11.4. The van der Waals surface area contributed by atoms with Gasteiger partial charge >= 0.3 is 0 Å². The third-order valence-electron chi connectivity index (χ3n) is 3.03. The van der Waals surface area contributed by atoms with E-state index in [1.807, 2.05) is 0 Å². The summed E-state index contributed by atoms with van der Waals surface area (Å²) in [7, 11) is 0. The van der Waals surface area contributed by atoms with Crippen molar-refractivity contribution in [2.75, 3.05) is 25.0 Å². The molecule has 1 aliphatic heterocycles. The van der Waals surface area contributed by atoms with Crippen LogP contribution in [0.4, 0.5) is 11.5 Å². The first kappa shape index (κ1) is 19.4. The van der Waals surface area contributed by atoms with Crippen LogP contribution >= 0.6 is 24.8 Å². The minimum atomic E-state index is -0.492. The molecule has 0 radical (unpaired) electrons. The second kappa shape index (κ2) is 8.60. The van der Waals surface area contributed by atoms with E-state index >= 15 is 0 Å². The second-order valence-electron chi connectivity index (χ2n) is 4.33. The van der Waals surface area contributed by atoms with Crippen molar-refractivity contribution in [3.8, 4) is 0 Å². The Hall–Kier alpha value is -1.64. The average molecular weight is 338 g/mol. The normalized spacial score (nSPS) is 16.6. The molecule has 1 aromatic rings. The number of halogens is 2. The van der Waals surface area contributed by atoms with Gasteiger partial charge in [-0.3, -0.25) is 14.9 Å². The lowest BCUT2D eigenvalue weighted by molar-refractivity contribution is -0.385. The number of nitrogens with two attached hydrogens (primary N) is 1. The molecule has 0 aliphatic carbocycles. The van der Waals surface area contributed by atoms with Crippen molar-refractivity contribution < 1.29 is 9.72 Å². The number of anilines is 1. The summed E-state index contributed by atoms with van der Waals surface area (Å²) in [6.45, 7) is 1.26. The highest BCUT2D eigenvalue weighted by atomic mass is 35.5. The summed E-state index contributed by atoms with van der Waals surface area (Å²) in [6.07, 6.45) is 2.02. The average Bonchev–Trinajstić information content (AvgIpc) is 2.87. The first-order chi connectivity index (χ1) is 9.10. The van der Waals surface area contributed by atoms with Crippen LogP contribution in [-0.4, -0.2) is 46.4 Å². The summed E-state index contributed by atoms with van der Waals surface area (Å²) in [5.74, 6) is 0.499. The Bertz CT molecular complexity index is 485. The molecule has 0 spiro atoms. The number of carbonyl (C=O) groups is 1. The van der Waals surface area contributed by atoms with Gasteiger partial charge in [0.15, 0.2) is 0 Å². The lowest BCUT2D eigenvalue weighted by Crippen LogP contribution is -2.35. The summed E-state index contributed by atoms with van der Waals surface area (Å²) < 4.78 is 0. The minimum Gasteiger partial charge on any atom is -0.365 e. The third kappa shape index (κ3) is 5.00. The molecule has 10 heteroatoms. The third-order valence-corrected chi connectivity index (χ3v) is 3.03. The summed E-state index contributed by atoms with van der Waals surface area (Å²) in [6, 6.07) is 3.06. The summed E-state index contributed by atoms with van der Waals surface area (Å²) in [5, 5.41) is 13.6. The Morgan fingerprint density at radius 3 is 2.76 bits per heavy atom. The highest BCUT2D eigenvalue weighted by Gasteiger charge is 2.25. The first-order valence-electron chi connectivity index (χ1n) is 5.95. The van der Waals surface area contributed by atoms with Crippen LogP contribution in [0.25, 0.3) is 0 Å². The zero-order valence-electron chi connectivity index (χ0n) is 11.1. The zero-order valence-corrected chi connectivity index (χ0v) is 12.7. The van der Waals surface area contributed by atoms with Crippen molar-refractivity contribution in [2.45, 2.75) is 12.5 Å². The standard InChI is InChI=1S/C11H15N5O3.2ClH/c12-5-11(17)15-4-3-8(7-15)14-10-2-1-9(6-13-10)16(18)19;;/h1-2,6,8H,3-5,7,12H2,(H,13,14);2*1H. The van der Waals surface area contributed by atoms with Crippen LogP contribution in [0, 0.1) is 10.1 Å². The molecular weight excluding hydrogens is 321 g/mol. The van der Waals surface area contributed by atoms with Gasteiger partial charge in [-0.1, -0.05) is 0 Å². The van der Waals surface area contributed by atoms with Crippen LogP contribution < -0.4 is 11.1 Å². The molecule has 1 amide bonds. The van der Waals surface area contributed by atoms with Crippen molar-refractivity contribution in [3.05, 3.63) is 28.4 Å². The molecule has 3 N–H and O–H groups in total. The maximum absolute atomic E-state index is 11.4. The van der Waals surface area contributed by atoms with E-state index in [-0.39, 0.29) is 49.0 Å². The molecule has 1 aromatic heterocycles. The SMILES string of the molecule is Cl.Cl.NCC(=O)N1CCC(Nc2ccc([N+](=O)[O-])cn2)C1. The minimum absolute atomic E-state index is 0. The van der Waals surface area contributed by atoms with E-state index in [2.05, 4.69) is 10.3 Å².